The summed E-state index contributed by atoms with van der Waals surface area (Å²) in [7, 11) is 0. The molecule has 1 aromatic carbocycles. The minimum absolute atomic E-state index is 0.115. The molecule has 4 amide bonds. The number of fused-ring (bicyclic) bond motifs is 1. The number of rotatable bonds is 3. The number of primary amides is 1. The second kappa shape index (κ2) is 4.37. The highest BCUT2D eigenvalue weighted by molar-refractivity contribution is 6.09. The highest BCUT2D eigenvalue weighted by atomic mass is 16.7. The van der Waals surface area contributed by atoms with Crippen molar-refractivity contribution in [2.75, 3.05) is 13.3 Å². The number of nitrogens with zero attached hydrogens (tertiary/aromatic N) is 1. The summed E-state index contributed by atoms with van der Waals surface area (Å²) in [4.78, 5) is 36.1. The maximum Gasteiger partial charge on any atom is 0.325 e. The zero-order valence-electron chi connectivity index (χ0n) is 11.2. The number of benzene rings is 1. The van der Waals surface area contributed by atoms with Gasteiger partial charge in [0.15, 0.2) is 11.5 Å². The summed E-state index contributed by atoms with van der Waals surface area (Å²) in [5.74, 6) is -0.212. The lowest BCUT2D eigenvalue weighted by molar-refractivity contribution is -0.134. The van der Waals surface area contributed by atoms with Crippen LogP contribution in [0.1, 0.15) is 12.5 Å². The van der Waals surface area contributed by atoms with Crippen molar-refractivity contribution in [3.8, 4) is 11.5 Å². The van der Waals surface area contributed by atoms with E-state index in [1.165, 1.54) is 0 Å². The van der Waals surface area contributed by atoms with Crippen LogP contribution >= 0.6 is 0 Å². The Bertz CT molecular complexity index is 659. The Morgan fingerprint density at radius 3 is 2.81 bits per heavy atom. The number of nitrogens with two attached hydrogens (primary N) is 1. The van der Waals surface area contributed by atoms with Gasteiger partial charge in [-0.05, 0) is 24.6 Å². The Kier molecular flexibility index (Phi) is 2.75. The van der Waals surface area contributed by atoms with Gasteiger partial charge in [-0.2, -0.15) is 0 Å². The standard InChI is InChI=1S/C13H13N3O5/c1-13(7-2-3-8-9(4-7)21-6-20-8)11(18)16(5-10(14)17)12(19)15-13/h2-4H,5-6H2,1H3,(H2,14,17)(H,15,19). The third-order valence-corrected chi connectivity index (χ3v) is 3.54. The van der Waals surface area contributed by atoms with Crippen LogP contribution in [0.3, 0.4) is 0 Å². The van der Waals surface area contributed by atoms with Crippen LogP contribution in [0.5, 0.6) is 11.5 Å². The van der Waals surface area contributed by atoms with E-state index in [2.05, 4.69) is 5.32 Å². The van der Waals surface area contributed by atoms with Gasteiger partial charge >= 0.3 is 6.03 Å². The molecule has 0 saturated carbocycles. The molecule has 8 heteroatoms. The fourth-order valence-electron chi connectivity index (χ4n) is 2.40. The third kappa shape index (κ3) is 1.95. The monoisotopic (exact) mass is 291 g/mol. The molecule has 8 nitrogen and oxygen atoms in total. The van der Waals surface area contributed by atoms with Gasteiger partial charge in [0.2, 0.25) is 12.7 Å². The summed E-state index contributed by atoms with van der Waals surface area (Å²) in [6.07, 6.45) is 0. The average molecular weight is 291 g/mol. The predicted molar refractivity (Wildman–Crippen MR) is 69.4 cm³/mol. The molecule has 3 N–H and O–H groups in total. The molecule has 1 atom stereocenters. The Hall–Kier alpha value is -2.77. The van der Waals surface area contributed by atoms with E-state index in [-0.39, 0.29) is 6.79 Å². The van der Waals surface area contributed by atoms with Crippen molar-refractivity contribution >= 4 is 17.8 Å². The van der Waals surface area contributed by atoms with E-state index in [1.807, 2.05) is 0 Å². The number of hydrogen-bond acceptors (Lipinski definition) is 5. The zero-order valence-corrected chi connectivity index (χ0v) is 11.2. The van der Waals surface area contributed by atoms with Gasteiger partial charge in [0.25, 0.3) is 5.91 Å². The minimum atomic E-state index is -1.27. The molecule has 1 saturated heterocycles. The molecule has 0 aliphatic carbocycles. The number of imide groups is 1. The molecular formula is C13H13N3O5. The van der Waals surface area contributed by atoms with E-state index in [1.54, 1.807) is 25.1 Å². The van der Waals surface area contributed by atoms with Crippen LogP contribution in [0.25, 0.3) is 0 Å². The second-order valence-corrected chi connectivity index (χ2v) is 4.98. The summed E-state index contributed by atoms with van der Waals surface area (Å²) in [6.45, 7) is 1.22. The van der Waals surface area contributed by atoms with Crippen LogP contribution < -0.4 is 20.5 Å². The summed E-state index contributed by atoms with van der Waals surface area (Å²) >= 11 is 0. The molecule has 0 bridgehead atoms. The molecule has 2 heterocycles. The molecule has 1 fully saturated rings. The molecule has 0 spiro atoms. The number of urea groups is 1. The normalized spacial score (nSPS) is 23.4. The van der Waals surface area contributed by atoms with E-state index in [9.17, 15) is 14.4 Å². The molecule has 1 aromatic rings. The second-order valence-electron chi connectivity index (χ2n) is 4.98. The average Bonchev–Trinajstić information content (AvgIpc) is 2.97. The van der Waals surface area contributed by atoms with E-state index in [4.69, 9.17) is 15.2 Å². The van der Waals surface area contributed by atoms with Crippen LogP contribution in [0, 0.1) is 0 Å². The lowest BCUT2D eigenvalue weighted by Gasteiger charge is -2.22. The van der Waals surface area contributed by atoms with E-state index in [0.717, 1.165) is 4.90 Å². The molecule has 0 radical (unpaired) electrons. The first-order valence-corrected chi connectivity index (χ1v) is 6.24. The van der Waals surface area contributed by atoms with E-state index < -0.39 is 29.9 Å². The largest absolute Gasteiger partial charge is 0.454 e. The van der Waals surface area contributed by atoms with Crippen molar-refractivity contribution < 1.29 is 23.9 Å². The molecule has 3 rings (SSSR count). The van der Waals surface area contributed by atoms with Crippen molar-refractivity contribution in [1.29, 1.82) is 0 Å². The van der Waals surface area contributed by atoms with Gasteiger partial charge in [0, 0.05) is 0 Å². The van der Waals surface area contributed by atoms with Crippen LogP contribution in [0.4, 0.5) is 4.79 Å². The maximum atomic E-state index is 12.4. The van der Waals surface area contributed by atoms with Crippen molar-refractivity contribution in [3.05, 3.63) is 23.8 Å². The summed E-state index contributed by atoms with van der Waals surface area (Å²) in [5.41, 5.74) is 4.32. The van der Waals surface area contributed by atoms with Crippen molar-refractivity contribution in [2.45, 2.75) is 12.5 Å². The third-order valence-electron chi connectivity index (χ3n) is 3.54. The summed E-state index contributed by atoms with van der Waals surface area (Å²) < 4.78 is 10.5. The van der Waals surface area contributed by atoms with Gasteiger partial charge in [-0.3, -0.25) is 14.5 Å². The topological polar surface area (TPSA) is 111 Å². The fraction of sp³-hybridized carbons (Fsp3) is 0.308. The Balaban J connectivity index is 1.96. The highest BCUT2D eigenvalue weighted by Crippen LogP contribution is 2.37. The smallest absolute Gasteiger partial charge is 0.325 e. The first-order valence-electron chi connectivity index (χ1n) is 6.24. The molecular weight excluding hydrogens is 278 g/mol. The van der Waals surface area contributed by atoms with Crippen molar-refractivity contribution in [2.24, 2.45) is 5.73 Å². The van der Waals surface area contributed by atoms with Crippen LogP contribution in [0.15, 0.2) is 18.2 Å². The zero-order chi connectivity index (χ0) is 15.2. The first-order chi connectivity index (χ1) is 9.91. The van der Waals surface area contributed by atoms with Gasteiger partial charge in [-0.15, -0.1) is 0 Å². The molecule has 21 heavy (non-hydrogen) atoms. The number of carbonyl (C=O) groups excluding carboxylic acids is 3. The SMILES string of the molecule is CC1(c2ccc3c(c2)OCO3)NC(=O)N(CC(N)=O)C1=O. The van der Waals surface area contributed by atoms with Gasteiger partial charge in [-0.25, -0.2) is 4.79 Å². The van der Waals surface area contributed by atoms with Crippen LogP contribution in [-0.4, -0.2) is 36.1 Å². The molecule has 110 valence electrons. The number of hydrogen-bond donors (Lipinski definition) is 2. The molecule has 2 aliphatic rings. The van der Waals surface area contributed by atoms with Gasteiger partial charge < -0.3 is 20.5 Å². The Morgan fingerprint density at radius 2 is 2.10 bits per heavy atom. The van der Waals surface area contributed by atoms with Gasteiger partial charge in [-0.1, -0.05) is 6.07 Å². The molecule has 1 unspecified atom stereocenters. The van der Waals surface area contributed by atoms with Gasteiger partial charge in [0.1, 0.15) is 12.1 Å². The number of carbonyl (C=O) groups is 3. The number of amides is 4. The van der Waals surface area contributed by atoms with Crippen LogP contribution in [0.2, 0.25) is 0 Å². The lowest BCUT2D eigenvalue weighted by atomic mass is 9.91. The predicted octanol–water partition coefficient (Wildman–Crippen LogP) is -0.332. The van der Waals surface area contributed by atoms with E-state index in [0.29, 0.717) is 17.1 Å². The van der Waals surface area contributed by atoms with Crippen molar-refractivity contribution in [1.82, 2.24) is 10.2 Å². The Morgan fingerprint density at radius 1 is 1.38 bits per heavy atom. The van der Waals surface area contributed by atoms with Gasteiger partial charge in [0.05, 0.1) is 0 Å². The Labute approximate surface area is 119 Å². The molecule has 0 aromatic heterocycles. The van der Waals surface area contributed by atoms with Crippen LogP contribution in [-0.2, 0) is 15.1 Å². The summed E-state index contributed by atoms with van der Waals surface area (Å²) in [5, 5.41) is 2.58. The minimum Gasteiger partial charge on any atom is -0.454 e. The first kappa shape index (κ1) is 13.2. The maximum absolute atomic E-state index is 12.4. The quantitative estimate of drug-likeness (QED) is 0.741. The molecule has 2 aliphatic heterocycles. The highest BCUT2D eigenvalue weighted by Gasteiger charge is 2.49. The number of ether oxygens (including phenoxy) is 2. The summed E-state index contributed by atoms with van der Waals surface area (Å²) in [6, 6.07) is 4.31. The lowest BCUT2D eigenvalue weighted by Crippen LogP contribution is -2.42. The van der Waals surface area contributed by atoms with E-state index >= 15 is 0 Å². The fourth-order valence-corrected chi connectivity index (χ4v) is 2.40. The number of nitrogens with one attached hydrogen (secondary N) is 1. The van der Waals surface area contributed by atoms with Crippen molar-refractivity contribution in [3.63, 3.8) is 0 Å².